The van der Waals surface area contributed by atoms with Crippen LogP contribution in [-0.4, -0.2) is 22.3 Å². The number of hydrazone groups is 1. The number of nitrogens with zero attached hydrogens (tertiary/aromatic N) is 2. The topological polar surface area (TPSA) is 74.6 Å². The van der Waals surface area contributed by atoms with Gasteiger partial charge in [-0.15, -0.1) is 11.3 Å². The summed E-state index contributed by atoms with van der Waals surface area (Å²) in [7, 11) is 0. The maximum absolute atomic E-state index is 13.6. The first kappa shape index (κ1) is 17.1. The van der Waals surface area contributed by atoms with Crippen molar-refractivity contribution in [1.82, 2.24) is 4.98 Å². The molecule has 8 heteroatoms. The van der Waals surface area contributed by atoms with E-state index in [9.17, 15) is 9.18 Å². The summed E-state index contributed by atoms with van der Waals surface area (Å²) in [5.74, 6) is -2.17. The number of aromatic nitrogens is 1. The van der Waals surface area contributed by atoms with E-state index in [2.05, 4.69) is 15.5 Å². The van der Waals surface area contributed by atoms with Crippen molar-refractivity contribution in [2.75, 3.05) is 5.43 Å². The van der Waals surface area contributed by atoms with Gasteiger partial charge >= 0.3 is 5.97 Å². The summed E-state index contributed by atoms with van der Waals surface area (Å²) >= 11 is 7.45. The molecule has 0 saturated carbocycles. The highest BCUT2D eigenvalue weighted by atomic mass is 35.5. The first-order chi connectivity index (χ1) is 12.1. The van der Waals surface area contributed by atoms with Crippen LogP contribution in [0.15, 0.2) is 52.9 Å². The first-order valence-electron chi connectivity index (χ1n) is 7.07. The van der Waals surface area contributed by atoms with Gasteiger partial charge in [0.2, 0.25) is 5.13 Å². The number of anilines is 1. The van der Waals surface area contributed by atoms with E-state index in [4.69, 9.17) is 16.7 Å². The van der Waals surface area contributed by atoms with E-state index in [-0.39, 0.29) is 5.56 Å². The normalized spacial score (nSPS) is 11.0. The Morgan fingerprint density at radius 2 is 2.08 bits per heavy atom. The fourth-order valence-electron chi connectivity index (χ4n) is 2.15. The first-order valence-corrected chi connectivity index (χ1v) is 8.33. The van der Waals surface area contributed by atoms with Gasteiger partial charge in [0.05, 0.1) is 11.9 Å². The van der Waals surface area contributed by atoms with E-state index in [1.54, 1.807) is 6.07 Å². The van der Waals surface area contributed by atoms with Crippen molar-refractivity contribution in [3.8, 4) is 11.3 Å². The molecule has 1 heterocycles. The lowest BCUT2D eigenvalue weighted by atomic mass is 10.1. The molecule has 0 atom stereocenters. The number of carbonyl (C=O) groups is 1. The summed E-state index contributed by atoms with van der Waals surface area (Å²) in [6.07, 6.45) is 1.24. The third kappa shape index (κ3) is 3.84. The zero-order valence-corrected chi connectivity index (χ0v) is 14.2. The number of halogens is 2. The number of benzene rings is 2. The quantitative estimate of drug-likeness (QED) is 0.498. The molecule has 25 heavy (non-hydrogen) atoms. The van der Waals surface area contributed by atoms with Crippen LogP contribution in [0.4, 0.5) is 9.52 Å². The largest absolute Gasteiger partial charge is 0.478 e. The van der Waals surface area contributed by atoms with Crippen molar-refractivity contribution in [1.29, 1.82) is 0 Å². The van der Waals surface area contributed by atoms with E-state index in [0.717, 1.165) is 11.6 Å². The average Bonchev–Trinajstić information content (AvgIpc) is 3.03. The van der Waals surface area contributed by atoms with Crippen LogP contribution in [0.25, 0.3) is 11.3 Å². The Morgan fingerprint density at radius 3 is 2.84 bits per heavy atom. The number of hydrogen-bond acceptors (Lipinski definition) is 5. The molecule has 1 aromatic heterocycles. The van der Waals surface area contributed by atoms with E-state index >= 15 is 0 Å². The van der Waals surface area contributed by atoms with Crippen molar-refractivity contribution in [3.05, 3.63) is 69.8 Å². The number of hydrogen-bond donors (Lipinski definition) is 2. The molecule has 0 aliphatic rings. The predicted molar refractivity (Wildman–Crippen MR) is 97.1 cm³/mol. The lowest BCUT2D eigenvalue weighted by Crippen LogP contribution is -2.06. The number of rotatable bonds is 5. The van der Waals surface area contributed by atoms with E-state index in [1.807, 2.05) is 23.6 Å². The second kappa shape index (κ2) is 7.42. The molecule has 0 aliphatic heterocycles. The van der Waals surface area contributed by atoms with Crippen molar-refractivity contribution >= 4 is 40.3 Å². The highest BCUT2D eigenvalue weighted by molar-refractivity contribution is 7.14. The molecular formula is C17H11ClFN3O2S. The Labute approximate surface area is 151 Å². The van der Waals surface area contributed by atoms with Crippen LogP contribution in [0.1, 0.15) is 15.9 Å². The number of thiazole rings is 1. The van der Waals surface area contributed by atoms with Gasteiger partial charge in [0.1, 0.15) is 11.4 Å². The van der Waals surface area contributed by atoms with Crippen molar-refractivity contribution in [3.63, 3.8) is 0 Å². The number of aromatic carboxylic acids is 1. The van der Waals surface area contributed by atoms with Crippen LogP contribution in [0, 0.1) is 5.82 Å². The van der Waals surface area contributed by atoms with Gasteiger partial charge in [0.15, 0.2) is 0 Å². The SMILES string of the molecule is O=C(O)c1c(F)cccc1C=NNc1nc(-c2ccccc2Cl)cs1. The highest BCUT2D eigenvalue weighted by Crippen LogP contribution is 2.30. The van der Waals surface area contributed by atoms with E-state index in [1.165, 1.54) is 29.7 Å². The molecule has 3 aromatic rings. The molecule has 0 spiro atoms. The summed E-state index contributed by atoms with van der Waals surface area (Å²) in [5, 5.41) is 15.9. The fourth-order valence-corrected chi connectivity index (χ4v) is 3.04. The van der Waals surface area contributed by atoms with Gasteiger partial charge in [-0.05, 0) is 12.1 Å². The summed E-state index contributed by atoms with van der Waals surface area (Å²) in [5.41, 5.74) is 3.94. The molecular weight excluding hydrogens is 365 g/mol. The van der Waals surface area contributed by atoms with Crippen LogP contribution in [0.3, 0.4) is 0 Å². The molecule has 0 amide bonds. The molecule has 0 unspecified atom stereocenters. The van der Waals surface area contributed by atoms with Crippen LogP contribution < -0.4 is 5.43 Å². The van der Waals surface area contributed by atoms with Gasteiger partial charge < -0.3 is 5.11 Å². The number of carboxylic acids is 1. The summed E-state index contributed by atoms with van der Waals surface area (Å²) < 4.78 is 13.6. The van der Waals surface area contributed by atoms with Gasteiger partial charge in [-0.25, -0.2) is 14.2 Å². The van der Waals surface area contributed by atoms with Gasteiger partial charge in [0.25, 0.3) is 0 Å². The summed E-state index contributed by atoms with van der Waals surface area (Å²) in [6.45, 7) is 0. The molecule has 0 radical (unpaired) electrons. The summed E-state index contributed by atoms with van der Waals surface area (Å²) in [4.78, 5) is 15.5. The van der Waals surface area contributed by atoms with Crippen LogP contribution in [-0.2, 0) is 0 Å². The van der Waals surface area contributed by atoms with Gasteiger partial charge in [-0.3, -0.25) is 5.43 Å². The monoisotopic (exact) mass is 375 g/mol. The Morgan fingerprint density at radius 1 is 1.28 bits per heavy atom. The van der Waals surface area contributed by atoms with Crippen LogP contribution in [0.5, 0.6) is 0 Å². The standard InChI is InChI=1S/C17H11ClFN3O2S/c18-12-6-2-1-5-11(12)14-9-25-17(21-14)22-20-8-10-4-3-7-13(19)15(10)16(23)24/h1-9H,(H,21,22)(H,23,24). The molecule has 0 aliphatic carbocycles. The fraction of sp³-hybridized carbons (Fsp3) is 0. The minimum absolute atomic E-state index is 0.155. The second-order valence-corrected chi connectivity index (χ2v) is 6.16. The highest BCUT2D eigenvalue weighted by Gasteiger charge is 2.14. The minimum Gasteiger partial charge on any atom is -0.478 e. The van der Waals surface area contributed by atoms with E-state index in [0.29, 0.717) is 15.8 Å². The third-order valence-electron chi connectivity index (χ3n) is 3.28. The lowest BCUT2D eigenvalue weighted by molar-refractivity contribution is 0.0692. The molecule has 2 aromatic carbocycles. The minimum atomic E-state index is -1.35. The molecule has 0 saturated heterocycles. The van der Waals surface area contributed by atoms with Crippen molar-refractivity contribution < 1.29 is 14.3 Å². The molecule has 126 valence electrons. The average molecular weight is 376 g/mol. The molecule has 2 N–H and O–H groups in total. The van der Waals surface area contributed by atoms with Gasteiger partial charge in [-0.1, -0.05) is 41.9 Å². The van der Waals surface area contributed by atoms with Gasteiger partial charge in [-0.2, -0.15) is 5.10 Å². The molecule has 0 fully saturated rings. The Bertz CT molecular complexity index is 959. The maximum Gasteiger partial charge on any atom is 0.339 e. The predicted octanol–water partition coefficient (Wildman–Crippen LogP) is 4.75. The zero-order valence-electron chi connectivity index (χ0n) is 12.6. The second-order valence-electron chi connectivity index (χ2n) is 4.90. The van der Waals surface area contributed by atoms with Crippen molar-refractivity contribution in [2.45, 2.75) is 0 Å². The zero-order chi connectivity index (χ0) is 17.8. The number of carboxylic acid groups (broad SMARTS) is 1. The van der Waals surface area contributed by atoms with Gasteiger partial charge in [0, 0.05) is 21.5 Å². The molecule has 3 rings (SSSR count). The molecule has 0 bridgehead atoms. The lowest BCUT2D eigenvalue weighted by Gasteiger charge is -2.01. The Kier molecular flexibility index (Phi) is 5.06. The third-order valence-corrected chi connectivity index (χ3v) is 4.35. The molecule has 5 nitrogen and oxygen atoms in total. The summed E-state index contributed by atoms with van der Waals surface area (Å²) in [6, 6.07) is 11.3. The van der Waals surface area contributed by atoms with Crippen molar-refractivity contribution in [2.24, 2.45) is 5.10 Å². The number of nitrogens with one attached hydrogen (secondary N) is 1. The van der Waals surface area contributed by atoms with E-state index < -0.39 is 17.3 Å². The smallest absolute Gasteiger partial charge is 0.339 e. The maximum atomic E-state index is 13.6. The van der Waals surface area contributed by atoms with Crippen LogP contribution in [0.2, 0.25) is 5.02 Å². The van der Waals surface area contributed by atoms with Crippen LogP contribution >= 0.6 is 22.9 Å². The Hall–Kier alpha value is -2.77. The Balaban J connectivity index is 1.77.